The van der Waals surface area contributed by atoms with Gasteiger partial charge in [-0.1, -0.05) is 115 Å². The van der Waals surface area contributed by atoms with E-state index in [9.17, 15) is 0 Å². The fourth-order valence-electron chi connectivity index (χ4n) is 5.78. The minimum Gasteiger partial charge on any atom is -0.246 e. The van der Waals surface area contributed by atoms with Crippen molar-refractivity contribution in [1.29, 1.82) is 0 Å². The lowest BCUT2D eigenvalue weighted by Gasteiger charge is -2.17. The summed E-state index contributed by atoms with van der Waals surface area (Å²) in [5.41, 5.74) is 8.41. The standard InChI is InChI=1S/C37H25N3S/c1-3-11-24(12-4-1)25-19-21-27(22-20-25)32-23-31(26-13-5-2-6-14-26)39-37(40-32)34-28-15-7-9-17-30(28)38-35-29-16-8-10-18-33(29)41-36(34)35/h1-19,21-23,25H,20H2. The highest BCUT2D eigenvalue weighted by molar-refractivity contribution is 7.26. The fourth-order valence-corrected chi connectivity index (χ4v) is 6.98. The van der Waals surface area contributed by atoms with Gasteiger partial charge in [-0.2, -0.15) is 0 Å². The van der Waals surface area contributed by atoms with E-state index in [1.165, 1.54) is 15.6 Å². The first-order valence-electron chi connectivity index (χ1n) is 13.9. The van der Waals surface area contributed by atoms with Crippen LogP contribution in [0, 0.1) is 0 Å². The van der Waals surface area contributed by atoms with Gasteiger partial charge in [-0.15, -0.1) is 11.3 Å². The highest BCUT2D eigenvalue weighted by Crippen LogP contribution is 2.42. The Bertz CT molecular complexity index is 2130. The third-order valence-electron chi connectivity index (χ3n) is 7.84. The molecule has 1 aliphatic rings. The molecule has 8 rings (SSSR count). The molecule has 194 valence electrons. The molecular weight excluding hydrogens is 518 g/mol. The summed E-state index contributed by atoms with van der Waals surface area (Å²) in [5, 5.41) is 2.24. The Labute approximate surface area is 242 Å². The average Bonchev–Trinajstić information content (AvgIpc) is 3.42. The van der Waals surface area contributed by atoms with Gasteiger partial charge in [0.2, 0.25) is 0 Å². The monoisotopic (exact) mass is 543 g/mol. The summed E-state index contributed by atoms with van der Waals surface area (Å²) in [5.74, 6) is 1.10. The molecule has 0 fully saturated rings. The number of benzene rings is 4. The molecule has 1 aliphatic carbocycles. The summed E-state index contributed by atoms with van der Waals surface area (Å²) in [6, 6.07) is 40.1. The lowest BCUT2D eigenvalue weighted by molar-refractivity contribution is 0.856. The highest BCUT2D eigenvalue weighted by Gasteiger charge is 2.21. The van der Waals surface area contributed by atoms with Crippen LogP contribution in [0.5, 0.6) is 0 Å². The second kappa shape index (κ2) is 9.92. The summed E-state index contributed by atoms with van der Waals surface area (Å²) >= 11 is 1.77. The van der Waals surface area contributed by atoms with Crippen LogP contribution in [0.2, 0.25) is 0 Å². The molecule has 0 radical (unpaired) electrons. The molecule has 0 saturated heterocycles. The van der Waals surface area contributed by atoms with E-state index in [-0.39, 0.29) is 0 Å². The molecule has 0 N–H and O–H groups in total. The van der Waals surface area contributed by atoms with Gasteiger partial charge in [-0.3, -0.25) is 0 Å². The smallest absolute Gasteiger partial charge is 0.162 e. The van der Waals surface area contributed by atoms with Gasteiger partial charge in [0.05, 0.1) is 27.1 Å². The van der Waals surface area contributed by atoms with Gasteiger partial charge in [0, 0.05) is 32.5 Å². The van der Waals surface area contributed by atoms with Crippen LogP contribution in [-0.2, 0) is 0 Å². The topological polar surface area (TPSA) is 38.7 Å². The average molecular weight is 544 g/mol. The molecule has 4 aromatic carbocycles. The van der Waals surface area contributed by atoms with Crippen molar-refractivity contribution in [3.63, 3.8) is 0 Å². The summed E-state index contributed by atoms with van der Waals surface area (Å²) in [7, 11) is 0. The van der Waals surface area contributed by atoms with Crippen LogP contribution in [0.25, 0.3) is 59.4 Å². The van der Waals surface area contributed by atoms with Crippen LogP contribution in [-0.4, -0.2) is 15.0 Å². The molecule has 0 saturated carbocycles. The number of hydrogen-bond donors (Lipinski definition) is 0. The van der Waals surface area contributed by atoms with Crippen LogP contribution in [0.15, 0.2) is 133 Å². The number of hydrogen-bond acceptors (Lipinski definition) is 4. The van der Waals surface area contributed by atoms with E-state index in [1.54, 1.807) is 11.3 Å². The number of para-hydroxylation sites is 1. The Morgan fingerprint density at radius 3 is 2.17 bits per heavy atom. The van der Waals surface area contributed by atoms with Crippen LogP contribution in [0.1, 0.15) is 23.6 Å². The molecule has 41 heavy (non-hydrogen) atoms. The Morgan fingerprint density at radius 1 is 0.659 bits per heavy atom. The van der Waals surface area contributed by atoms with E-state index >= 15 is 0 Å². The number of thiophene rings is 1. The predicted molar refractivity (Wildman–Crippen MR) is 172 cm³/mol. The summed E-state index contributed by atoms with van der Waals surface area (Å²) in [6.07, 6.45) is 7.79. The molecule has 7 aromatic rings. The third kappa shape index (κ3) is 4.24. The van der Waals surface area contributed by atoms with E-state index in [0.717, 1.165) is 61.5 Å². The van der Waals surface area contributed by atoms with Crippen molar-refractivity contribution in [1.82, 2.24) is 15.0 Å². The Morgan fingerprint density at radius 2 is 1.37 bits per heavy atom. The van der Waals surface area contributed by atoms with Gasteiger partial charge in [0.25, 0.3) is 0 Å². The van der Waals surface area contributed by atoms with E-state index in [0.29, 0.717) is 5.92 Å². The van der Waals surface area contributed by atoms with E-state index in [2.05, 4.69) is 121 Å². The fraction of sp³-hybridized carbons (Fsp3) is 0.0541. The Balaban J connectivity index is 1.35. The molecule has 0 spiro atoms. The van der Waals surface area contributed by atoms with Gasteiger partial charge >= 0.3 is 0 Å². The first kappa shape index (κ1) is 23.9. The van der Waals surface area contributed by atoms with Crippen molar-refractivity contribution in [2.45, 2.75) is 12.3 Å². The lowest BCUT2D eigenvalue weighted by atomic mass is 9.89. The van der Waals surface area contributed by atoms with Crippen LogP contribution in [0.4, 0.5) is 0 Å². The van der Waals surface area contributed by atoms with Gasteiger partial charge in [-0.05, 0) is 35.8 Å². The van der Waals surface area contributed by atoms with Crippen molar-refractivity contribution in [2.75, 3.05) is 0 Å². The second-order valence-corrected chi connectivity index (χ2v) is 11.4. The molecule has 0 aliphatic heterocycles. The van der Waals surface area contributed by atoms with Crippen molar-refractivity contribution in [2.24, 2.45) is 0 Å². The zero-order chi connectivity index (χ0) is 27.2. The minimum absolute atomic E-state index is 0.372. The van der Waals surface area contributed by atoms with Crippen molar-refractivity contribution >= 4 is 48.1 Å². The number of rotatable bonds is 4. The number of nitrogens with zero attached hydrogens (tertiary/aromatic N) is 3. The molecule has 3 aromatic heterocycles. The van der Waals surface area contributed by atoms with Gasteiger partial charge in [0.15, 0.2) is 5.82 Å². The highest BCUT2D eigenvalue weighted by atomic mass is 32.1. The number of aromatic nitrogens is 3. The Hall–Kier alpha value is -4.93. The normalized spacial score (nSPS) is 15.0. The van der Waals surface area contributed by atoms with Gasteiger partial charge in [0.1, 0.15) is 0 Å². The van der Waals surface area contributed by atoms with Crippen LogP contribution in [0.3, 0.4) is 0 Å². The molecule has 0 amide bonds. The third-order valence-corrected chi connectivity index (χ3v) is 9.02. The molecule has 3 heterocycles. The van der Waals surface area contributed by atoms with Crippen LogP contribution < -0.4 is 0 Å². The predicted octanol–water partition coefficient (Wildman–Crippen LogP) is 9.85. The maximum Gasteiger partial charge on any atom is 0.162 e. The van der Waals surface area contributed by atoms with E-state index in [1.807, 2.05) is 12.1 Å². The second-order valence-electron chi connectivity index (χ2n) is 10.4. The van der Waals surface area contributed by atoms with Crippen molar-refractivity contribution < 1.29 is 0 Å². The zero-order valence-corrected chi connectivity index (χ0v) is 23.1. The number of allylic oxidation sites excluding steroid dienone is 4. The first-order chi connectivity index (χ1) is 20.3. The molecule has 1 unspecified atom stereocenters. The SMILES string of the molecule is C1=CC(c2ccccc2)CC=C1c1cc(-c2ccccc2)nc(-c2c3ccccc3nc3c2sc2ccccc23)n1. The number of pyridine rings is 1. The maximum absolute atomic E-state index is 5.27. The summed E-state index contributed by atoms with van der Waals surface area (Å²) in [4.78, 5) is 15.6. The molecule has 1 atom stereocenters. The molecule has 3 nitrogen and oxygen atoms in total. The van der Waals surface area contributed by atoms with Crippen LogP contribution >= 0.6 is 11.3 Å². The van der Waals surface area contributed by atoms with Gasteiger partial charge < -0.3 is 0 Å². The first-order valence-corrected chi connectivity index (χ1v) is 14.7. The van der Waals surface area contributed by atoms with E-state index in [4.69, 9.17) is 15.0 Å². The van der Waals surface area contributed by atoms with E-state index < -0.39 is 0 Å². The quantitative estimate of drug-likeness (QED) is 0.222. The largest absolute Gasteiger partial charge is 0.246 e. The zero-order valence-electron chi connectivity index (χ0n) is 22.2. The lowest BCUT2D eigenvalue weighted by Crippen LogP contribution is -2.02. The van der Waals surface area contributed by atoms with Gasteiger partial charge in [-0.25, -0.2) is 15.0 Å². The Kier molecular flexibility index (Phi) is 5.78. The minimum atomic E-state index is 0.372. The molecule has 4 heteroatoms. The summed E-state index contributed by atoms with van der Waals surface area (Å²) < 4.78 is 2.34. The molecule has 0 bridgehead atoms. The summed E-state index contributed by atoms with van der Waals surface area (Å²) in [6.45, 7) is 0. The van der Waals surface area contributed by atoms with Crippen molar-refractivity contribution in [3.05, 3.63) is 145 Å². The number of fused-ring (bicyclic) bond motifs is 4. The van der Waals surface area contributed by atoms with Crippen molar-refractivity contribution in [3.8, 4) is 22.6 Å². The maximum atomic E-state index is 5.27. The molecular formula is C37H25N3S.